The molecule has 0 spiro atoms. The van der Waals surface area contributed by atoms with Crippen LogP contribution >= 0.6 is 12.2 Å². The summed E-state index contributed by atoms with van der Waals surface area (Å²) in [6.45, 7) is -0.632. The maximum absolute atomic E-state index is 11.7. The molecule has 6 N–H and O–H groups in total. The summed E-state index contributed by atoms with van der Waals surface area (Å²) in [6.07, 6.45) is -3.10. The highest BCUT2D eigenvalue weighted by Gasteiger charge is 2.55. The van der Waals surface area contributed by atoms with E-state index in [2.05, 4.69) is 10.3 Å². The van der Waals surface area contributed by atoms with Crippen LogP contribution in [-0.4, -0.2) is 74.5 Å². The number of ether oxygens (including phenoxy) is 1. The number of hydrogen-bond donors (Lipinski definition) is 6. The molecule has 0 unspecified atom stereocenters. The van der Waals surface area contributed by atoms with Crippen molar-refractivity contribution in [3.63, 3.8) is 0 Å². The van der Waals surface area contributed by atoms with Crippen molar-refractivity contribution in [2.45, 2.75) is 24.0 Å². The first-order chi connectivity index (χ1) is 10.8. The largest absolute Gasteiger partial charge is 0.477 e. The van der Waals surface area contributed by atoms with Crippen molar-refractivity contribution in [3.05, 3.63) is 26.9 Å². The Kier molecular flexibility index (Phi) is 4.98. The summed E-state index contributed by atoms with van der Waals surface area (Å²) in [5, 5.41) is 41.5. The van der Waals surface area contributed by atoms with E-state index in [-0.39, 0.29) is 11.3 Å². The van der Waals surface area contributed by atoms with E-state index >= 15 is 0 Å². The monoisotopic (exact) mass is 347 g/mol. The van der Waals surface area contributed by atoms with Crippen LogP contribution in [-0.2, 0) is 10.5 Å². The summed E-state index contributed by atoms with van der Waals surface area (Å²) >= 11 is 5.03. The zero-order valence-electron chi connectivity index (χ0n) is 12.1. The molecule has 1 fully saturated rings. The van der Waals surface area contributed by atoms with E-state index in [4.69, 9.17) is 22.1 Å². The van der Waals surface area contributed by atoms with E-state index in [0.717, 1.165) is 10.8 Å². The molecule has 0 amide bonds. The predicted octanol–water partition coefficient (Wildman–Crippen LogP) is -2.41. The topological polar surface area (TPSA) is 157 Å². The summed E-state index contributed by atoms with van der Waals surface area (Å²) < 4.78 is 6.44. The number of carbonyl (C=O) groups is 1. The zero-order valence-corrected chi connectivity index (χ0v) is 12.9. The molecule has 0 radical (unpaired) electrons. The van der Waals surface area contributed by atoms with Gasteiger partial charge < -0.3 is 30.5 Å². The first kappa shape index (κ1) is 17.7. The highest BCUT2D eigenvalue weighted by molar-refractivity contribution is 7.71. The van der Waals surface area contributed by atoms with Crippen molar-refractivity contribution in [1.82, 2.24) is 14.9 Å². The SMILES string of the molecule is CNC[C@@]1(n2cc(C(=O)O)c(=O)[nH]c2=S)O[C@H](CO)[C@@H](O)[C@H]1O. The average Bonchev–Trinajstić information content (AvgIpc) is 2.72. The predicted molar refractivity (Wildman–Crippen MR) is 78.7 cm³/mol. The van der Waals surface area contributed by atoms with Crippen LogP contribution in [0.15, 0.2) is 11.0 Å². The molecule has 1 aromatic rings. The second kappa shape index (κ2) is 6.47. The Morgan fingerprint density at radius 3 is 2.70 bits per heavy atom. The first-order valence-corrected chi connectivity index (χ1v) is 7.08. The molecule has 23 heavy (non-hydrogen) atoms. The van der Waals surface area contributed by atoms with Gasteiger partial charge >= 0.3 is 5.97 Å². The van der Waals surface area contributed by atoms with E-state index in [1.807, 2.05) is 0 Å². The number of rotatable bonds is 5. The lowest BCUT2D eigenvalue weighted by Crippen LogP contribution is -2.52. The smallest absolute Gasteiger partial charge is 0.342 e. The van der Waals surface area contributed by atoms with Gasteiger partial charge in [0.15, 0.2) is 10.5 Å². The fourth-order valence-corrected chi connectivity index (χ4v) is 2.91. The van der Waals surface area contributed by atoms with Crippen LogP contribution in [0, 0.1) is 4.77 Å². The van der Waals surface area contributed by atoms with E-state index in [0.29, 0.717) is 0 Å². The summed E-state index contributed by atoms with van der Waals surface area (Å²) in [4.78, 5) is 25.0. The third kappa shape index (κ3) is 2.82. The number of aromatic amines is 1. The molecule has 2 rings (SSSR count). The second-order valence-electron chi connectivity index (χ2n) is 5.13. The van der Waals surface area contributed by atoms with Crippen molar-refractivity contribution >= 4 is 18.2 Å². The minimum Gasteiger partial charge on any atom is -0.477 e. The van der Waals surface area contributed by atoms with Crippen LogP contribution in [0.25, 0.3) is 0 Å². The number of carboxylic acid groups (broad SMARTS) is 1. The van der Waals surface area contributed by atoms with Gasteiger partial charge in [0.05, 0.1) is 6.61 Å². The number of aromatic nitrogens is 2. The van der Waals surface area contributed by atoms with E-state index in [1.54, 1.807) is 7.05 Å². The Hall–Kier alpha value is -1.63. The van der Waals surface area contributed by atoms with Crippen molar-refractivity contribution in [3.8, 4) is 0 Å². The van der Waals surface area contributed by atoms with Crippen LogP contribution in [0.4, 0.5) is 0 Å². The molecule has 2 heterocycles. The minimum absolute atomic E-state index is 0.0683. The Morgan fingerprint density at radius 1 is 1.57 bits per heavy atom. The van der Waals surface area contributed by atoms with Gasteiger partial charge in [-0.1, -0.05) is 0 Å². The molecule has 10 nitrogen and oxygen atoms in total. The quantitative estimate of drug-likeness (QED) is 0.319. The summed E-state index contributed by atoms with van der Waals surface area (Å²) in [7, 11) is 1.55. The number of likely N-dealkylation sites (N-methyl/N-ethyl adjacent to an activating group) is 1. The Labute approximate surface area is 135 Å². The molecule has 1 saturated heterocycles. The molecule has 4 atom stereocenters. The third-order valence-electron chi connectivity index (χ3n) is 3.71. The number of hydrogen-bond acceptors (Lipinski definition) is 8. The van der Waals surface area contributed by atoms with Gasteiger partial charge in [-0.2, -0.15) is 0 Å². The molecule has 0 saturated carbocycles. The summed E-state index contributed by atoms with van der Waals surface area (Å²) in [6, 6.07) is 0. The lowest BCUT2D eigenvalue weighted by molar-refractivity contribution is -0.146. The van der Waals surface area contributed by atoms with Gasteiger partial charge in [-0.05, 0) is 19.3 Å². The number of H-pyrrole nitrogens is 1. The molecule has 11 heteroatoms. The maximum Gasteiger partial charge on any atom is 0.342 e. The highest BCUT2D eigenvalue weighted by atomic mass is 32.1. The number of aliphatic hydroxyl groups excluding tert-OH is 3. The molecular weight excluding hydrogens is 330 g/mol. The standard InChI is InChI=1S/C12H17N3O7S/c1-13-4-12(8(18)7(17)6(3-16)22-12)15-2-5(10(20)21)9(19)14-11(15)23/h2,6-8,13,16-18H,3-4H2,1H3,(H,20,21)(H,14,19,23)/t6-,7-,8-,12-/m1/s1. The Bertz CT molecular complexity index is 717. The average molecular weight is 347 g/mol. The highest BCUT2D eigenvalue weighted by Crippen LogP contribution is 2.35. The van der Waals surface area contributed by atoms with Gasteiger partial charge in [0.25, 0.3) is 5.56 Å². The fraction of sp³-hybridized carbons (Fsp3) is 0.583. The minimum atomic E-state index is -1.69. The van der Waals surface area contributed by atoms with Gasteiger partial charge in [-0.25, -0.2) is 4.79 Å². The van der Waals surface area contributed by atoms with Gasteiger partial charge in [-0.15, -0.1) is 0 Å². The molecule has 128 valence electrons. The van der Waals surface area contributed by atoms with Gasteiger partial charge in [0, 0.05) is 12.7 Å². The Balaban J connectivity index is 2.68. The van der Waals surface area contributed by atoms with Crippen LogP contribution in [0.5, 0.6) is 0 Å². The van der Waals surface area contributed by atoms with Crippen LogP contribution in [0.1, 0.15) is 10.4 Å². The molecule has 0 aliphatic carbocycles. The van der Waals surface area contributed by atoms with Crippen molar-refractivity contribution in [2.75, 3.05) is 20.2 Å². The van der Waals surface area contributed by atoms with Crippen LogP contribution < -0.4 is 10.9 Å². The number of nitrogens with zero attached hydrogens (tertiary/aromatic N) is 1. The number of nitrogens with one attached hydrogen (secondary N) is 2. The fourth-order valence-electron chi connectivity index (χ4n) is 2.61. The molecule has 0 aromatic carbocycles. The number of aromatic carboxylic acids is 1. The number of carboxylic acids is 1. The molecule has 0 bridgehead atoms. The molecular formula is C12H17N3O7S. The Morgan fingerprint density at radius 2 is 2.22 bits per heavy atom. The molecule has 1 aliphatic heterocycles. The lowest BCUT2D eigenvalue weighted by Gasteiger charge is -2.34. The summed E-state index contributed by atoms with van der Waals surface area (Å²) in [5.41, 5.74) is -3.19. The van der Waals surface area contributed by atoms with E-state index in [9.17, 15) is 24.9 Å². The first-order valence-electron chi connectivity index (χ1n) is 6.67. The van der Waals surface area contributed by atoms with Gasteiger partial charge in [0.2, 0.25) is 0 Å². The lowest BCUT2D eigenvalue weighted by atomic mass is 10.0. The zero-order chi connectivity index (χ0) is 17.4. The summed E-state index contributed by atoms with van der Waals surface area (Å²) in [5.74, 6) is -1.48. The van der Waals surface area contributed by atoms with Crippen molar-refractivity contribution in [1.29, 1.82) is 0 Å². The molecule has 1 aliphatic rings. The van der Waals surface area contributed by atoms with Crippen molar-refractivity contribution in [2.24, 2.45) is 0 Å². The third-order valence-corrected chi connectivity index (χ3v) is 4.01. The molecule has 1 aromatic heterocycles. The van der Waals surface area contributed by atoms with E-state index in [1.165, 1.54) is 0 Å². The van der Waals surface area contributed by atoms with Gasteiger partial charge in [0.1, 0.15) is 23.9 Å². The van der Waals surface area contributed by atoms with Crippen LogP contribution in [0.2, 0.25) is 0 Å². The normalized spacial score (nSPS) is 30.5. The van der Waals surface area contributed by atoms with Crippen molar-refractivity contribution < 1.29 is 30.0 Å². The second-order valence-corrected chi connectivity index (χ2v) is 5.51. The van der Waals surface area contributed by atoms with Gasteiger partial charge in [-0.3, -0.25) is 14.3 Å². The number of aliphatic hydroxyl groups is 3. The van der Waals surface area contributed by atoms with E-state index < -0.39 is 47.7 Å². The maximum atomic E-state index is 11.7. The van der Waals surface area contributed by atoms with Crippen LogP contribution in [0.3, 0.4) is 0 Å².